The molecular weight excluding hydrogens is 506 g/mol. The SMILES string of the molecule is CC(C)(C)OC(=O)N[C@@H](Cc1c[nH]c2ccccc12)C(=O)NCCc1ccc(C(=O)OCc2ccccc2)cc1. The number of carbonyl (C=O) groups excluding carboxylic acids is 3. The third kappa shape index (κ3) is 8.20. The molecule has 40 heavy (non-hydrogen) atoms. The summed E-state index contributed by atoms with van der Waals surface area (Å²) in [7, 11) is 0. The van der Waals surface area contributed by atoms with E-state index in [4.69, 9.17) is 9.47 Å². The van der Waals surface area contributed by atoms with Crippen LogP contribution in [-0.2, 0) is 33.7 Å². The lowest BCUT2D eigenvalue weighted by Crippen LogP contribution is -2.49. The summed E-state index contributed by atoms with van der Waals surface area (Å²) in [4.78, 5) is 41.3. The maximum Gasteiger partial charge on any atom is 0.408 e. The minimum Gasteiger partial charge on any atom is -0.457 e. The molecule has 0 saturated carbocycles. The molecule has 4 rings (SSSR count). The van der Waals surface area contributed by atoms with Crippen molar-refractivity contribution in [1.29, 1.82) is 0 Å². The number of carbonyl (C=O) groups is 3. The minimum atomic E-state index is -0.823. The number of fused-ring (bicyclic) bond motifs is 1. The first-order valence-electron chi connectivity index (χ1n) is 13.3. The monoisotopic (exact) mass is 541 g/mol. The van der Waals surface area contributed by atoms with Crippen molar-refractivity contribution in [3.05, 3.63) is 107 Å². The van der Waals surface area contributed by atoms with Crippen LogP contribution in [-0.4, -0.2) is 41.1 Å². The van der Waals surface area contributed by atoms with E-state index in [1.165, 1.54) is 0 Å². The van der Waals surface area contributed by atoms with Gasteiger partial charge in [0, 0.05) is 30.1 Å². The Morgan fingerprint density at radius 3 is 2.30 bits per heavy atom. The molecule has 8 nitrogen and oxygen atoms in total. The van der Waals surface area contributed by atoms with Crippen LogP contribution in [0.4, 0.5) is 4.79 Å². The second-order valence-corrected chi connectivity index (χ2v) is 10.6. The van der Waals surface area contributed by atoms with E-state index in [9.17, 15) is 14.4 Å². The van der Waals surface area contributed by atoms with Crippen LogP contribution in [0.15, 0.2) is 85.1 Å². The number of hydrogen-bond acceptors (Lipinski definition) is 5. The second kappa shape index (κ2) is 13.0. The molecule has 2 amide bonds. The van der Waals surface area contributed by atoms with Gasteiger partial charge < -0.3 is 25.1 Å². The van der Waals surface area contributed by atoms with Crippen molar-refractivity contribution in [2.45, 2.75) is 51.9 Å². The Labute approximate surface area is 234 Å². The molecule has 4 aromatic rings. The lowest BCUT2D eigenvalue weighted by atomic mass is 10.0. The predicted octanol–water partition coefficient (Wildman–Crippen LogP) is 5.32. The molecule has 208 valence electrons. The molecule has 0 aliphatic heterocycles. The smallest absolute Gasteiger partial charge is 0.408 e. The summed E-state index contributed by atoms with van der Waals surface area (Å²) in [5.74, 6) is -0.700. The summed E-state index contributed by atoms with van der Waals surface area (Å²) in [5.41, 5.74) is 3.53. The molecule has 3 aromatic carbocycles. The molecule has 0 saturated heterocycles. The fourth-order valence-electron chi connectivity index (χ4n) is 4.25. The van der Waals surface area contributed by atoms with E-state index in [0.717, 1.165) is 27.6 Å². The molecule has 1 atom stereocenters. The quantitative estimate of drug-likeness (QED) is 0.236. The highest BCUT2D eigenvalue weighted by Crippen LogP contribution is 2.19. The van der Waals surface area contributed by atoms with E-state index >= 15 is 0 Å². The van der Waals surface area contributed by atoms with Gasteiger partial charge in [-0.25, -0.2) is 9.59 Å². The number of H-pyrrole nitrogens is 1. The molecule has 0 aliphatic carbocycles. The van der Waals surface area contributed by atoms with Crippen LogP contribution in [0.1, 0.15) is 47.8 Å². The highest BCUT2D eigenvalue weighted by Gasteiger charge is 2.25. The molecule has 8 heteroatoms. The Balaban J connectivity index is 1.33. The summed E-state index contributed by atoms with van der Waals surface area (Å²) >= 11 is 0. The zero-order valence-electron chi connectivity index (χ0n) is 23.0. The molecule has 0 fully saturated rings. The first-order valence-corrected chi connectivity index (χ1v) is 13.3. The normalized spacial score (nSPS) is 12.0. The van der Waals surface area contributed by atoms with Crippen LogP contribution in [0.2, 0.25) is 0 Å². The molecule has 0 aliphatic rings. The number of hydrogen-bond donors (Lipinski definition) is 3. The minimum absolute atomic E-state index is 0.213. The fraction of sp³-hybridized carbons (Fsp3) is 0.281. The number of ether oxygens (including phenoxy) is 2. The average molecular weight is 542 g/mol. The van der Waals surface area contributed by atoms with Crippen molar-refractivity contribution >= 4 is 28.9 Å². The highest BCUT2D eigenvalue weighted by molar-refractivity contribution is 5.89. The van der Waals surface area contributed by atoms with Gasteiger partial charge in [-0.1, -0.05) is 60.7 Å². The van der Waals surface area contributed by atoms with E-state index in [2.05, 4.69) is 15.6 Å². The van der Waals surface area contributed by atoms with Crippen LogP contribution in [0.5, 0.6) is 0 Å². The second-order valence-electron chi connectivity index (χ2n) is 10.6. The maximum absolute atomic E-state index is 13.2. The average Bonchev–Trinajstić information content (AvgIpc) is 3.34. The van der Waals surface area contributed by atoms with Crippen molar-refractivity contribution in [2.75, 3.05) is 6.54 Å². The van der Waals surface area contributed by atoms with E-state index in [1.807, 2.05) is 72.9 Å². The van der Waals surface area contributed by atoms with Crippen LogP contribution in [0, 0.1) is 0 Å². The molecular formula is C32H35N3O5. The topological polar surface area (TPSA) is 110 Å². The first kappa shape index (κ1) is 28.4. The lowest BCUT2D eigenvalue weighted by molar-refractivity contribution is -0.123. The van der Waals surface area contributed by atoms with Gasteiger partial charge in [0.25, 0.3) is 0 Å². The Kier molecular flexibility index (Phi) is 9.22. The van der Waals surface area contributed by atoms with Gasteiger partial charge in [0.2, 0.25) is 5.91 Å². The number of rotatable bonds is 10. The van der Waals surface area contributed by atoms with Crippen molar-refractivity contribution in [3.63, 3.8) is 0 Å². The number of nitrogens with one attached hydrogen (secondary N) is 3. The Hall–Kier alpha value is -4.59. The van der Waals surface area contributed by atoms with E-state index in [0.29, 0.717) is 24.9 Å². The van der Waals surface area contributed by atoms with Gasteiger partial charge in [-0.2, -0.15) is 0 Å². The van der Waals surface area contributed by atoms with Crippen LogP contribution in [0.25, 0.3) is 10.9 Å². The summed E-state index contributed by atoms with van der Waals surface area (Å²) in [6.07, 6.45) is 2.06. The van der Waals surface area contributed by atoms with Crippen molar-refractivity contribution in [2.24, 2.45) is 0 Å². The molecule has 0 bridgehead atoms. The molecule has 0 radical (unpaired) electrons. The van der Waals surface area contributed by atoms with Gasteiger partial charge in [-0.3, -0.25) is 4.79 Å². The zero-order valence-corrected chi connectivity index (χ0v) is 23.0. The molecule has 0 spiro atoms. The summed E-state index contributed by atoms with van der Waals surface area (Å²) < 4.78 is 10.8. The summed E-state index contributed by atoms with van der Waals surface area (Å²) in [6, 6.07) is 23.6. The number of para-hydroxylation sites is 1. The van der Waals surface area contributed by atoms with E-state index < -0.39 is 23.7 Å². The third-order valence-corrected chi connectivity index (χ3v) is 6.22. The summed E-state index contributed by atoms with van der Waals surface area (Å²) in [6.45, 7) is 5.89. The zero-order chi connectivity index (χ0) is 28.5. The van der Waals surface area contributed by atoms with Crippen molar-refractivity contribution < 1.29 is 23.9 Å². The van der Waals surface area contributed by atoms with Gasteiger partial charge in [-0.05, 0) is 62.1 Å². The van der Waals surface area contributed by atoms with Gasteiger partial charge >= 0.3 is 12.1 Å². The first-order chi connectivity index (χ1) is 19.2. The number of aromatic nitrogens is 1. The molecule has 0 unspecified atom stereocenters. The largest absolute Gasteiger partial charge is 0.457 e. The standard InChI is InChI=1S/C32H35N3O5/c1-32(2,3)40-31(38)35-28(19-25-20-34-27-12-8-7-11-26(25)27)29(36)33-18-17-22-13-15-24(16-14-22)30(37)39-21-23-9-5-4-6-10-23/h4-16,20,28,34H,17-19,21H2,1-3H3,(H,33,36)(H,35,38)/t28-/m0/s1. The Morgan fingerprint density at radius 1 is 0.875 bits per heavy atom. The lowest BCUT2D eigenvalue weighted by Gasteiger charge is -2.23. The number of benzene rings is 3. The van der Waals surface area contributed by atoms with Gasteiger partial charge in [0.1, 0.15) is 18.2 Å². The van der Waals surface area contributed by atoms with Gasteiger partial charge in [0.15, 0.2) is 0 Å². The van der Waals surface area contributed by atoms with Crippen molar-refractivity contribution in [3.8, 4) is 0 Å². The number of alkyl carbamates (subject to hydrolysis) is 1. The van der Waals surface area contributed by atoms with Crippen LogP contribution < -0.4 is 10.6 Å². The highest BCUT2D eigenvalue weighted by atomic mass is 16.6. The summed E-state index contributed by atoms with van der Waals surface area (Å²) in [5, 5.41) is 6.65. The Morgan fingerprint density at radius 2 is 1.57 bits per heavy atom. The van der Waals surface area contributed by atoms with Gasteiger partial charge in [0.05, 0.1) is 5.56 Å². The van der Waals surface area contributed by atoms with Gasteiger partial charge in [-0.15, -0.1) is 0 Å². The van der Waals surface area contributed by atoms with Crippen molar-refractivity contribution in [1.82, 2.24) is 15.6 Å². The predicted molar refractivity (Wildman–Crippen MR) is 154 cm³/mol. The number of esters is 1. The molecule has 1 aromatic heterocycles. The number of amides is 2. The third-order valence-electron chi connectivity index (χ3n) is 6.22. The maximum atomic E-state index is 13.2. The molecule has 3 N–H and O–H groups in total. The Bertz CT molecular complexity index is 1440. The number of aromatic amines is 1. The van der Waals surface area contributed by atoms with Crippen LogP contribution >= 0.6 is 0 Å². The van der Waals surface area contributed by atoms with Crippen LogP contribution in [0.3, 0.4) is 0 Å². The fourth-order valence-corrected chi connectivity index (χ4v) is 4.25. The van der Waals surface area contributed by atoms with E-state index in [1.54, 1.807) is 32.9 Å². The molecule has 1 heterocycles. The van der Waals surface area contributed by atoms with E-state index in [-0.39, 0.29) is 12.5 Å².